The zero-order chi connectivity index (χ0) is 13.5. The fraction of sp³-hybridized carbons (Fsp3) is 0.455. The number of carbonyl (C=O) groups excluding carboxylic acids is 2. The first kappa shape index (κ1) is 14.3. The molecule has 0 aliphatic heterocycles. The lowest BCUT2D eigenvalue weighted by atomic mass is 10.3. The van der Waals surface area contributed by atoms with Gasteiger partial charge in [0.15, 0.2) is 0 Å². The molecule has 1 aromatic rings. The maximum atomic E-state index is 11.6. The molecule has 2 N–H and O–H groups in total. The zero-order valence-electron chi connectivity index (χ0n) is 10.4. The topological polar surface area (TPSA) is 84.0 Å². The van der Waals surface area contributed by atoms with Gasteiger partial charge in [-0.15, -0.1) is 10.2 Å². The van der Waals surface area contributed by atoms with E-state index < -0.39 is 0 Å². The van der Waals surface area contributed by atoms with Gasteiger partial charge in [0.1, 0.15) is 10.0 Å². The van der Waals surface area contributed by atoms with Crippen molar-refractivity contribution in [2.75, 3.05) is 6.54 Å². The molecule has 0 fully saturated rings. The van der Waals surface area contributed by atoms with Gasteiger partial charge in [-0.1, -0.05) is 17.9 Å². The van der Waals surface area contributed by atoms with E-state index >= 15 is 0 Å². The van der Waals surface area contributed by atoms with Crippen LogP contribution in [-0.4, -0.2) is 28.6 Å². The minimum Gasteiger partial charge on any atom is -0.352 e. The summed E-state index contributed by atoms with van der Waals surface area (Å²) < 4.78 is 0. The van der Waals surface area contributed by atoms with Crippen molar-refractivity contribution >= 4 is 23.2 Å². The lowest BCUT2D eigenvalue weighted by Gasteiger charge is -2.10. The second kappa shape index (κ2) is 6.85. The number of amides is 2. The third-order valence-corrected chi connectivity index (χ3v) is 3.15. The Morgan fingerprint density at radius 2 is 2.22 bits per heavy atom. The first-order chi connectivity index (χ1) is 8.52. The van der Waals surface area contributed by atoms with E-state index in [-0.39, 0.29) is 24.3 Å². The van der Waals surface area contributed by atoms with Crippen LogP contribution in [0.2, 0.25) is 0 Å². The smallest absolute Gasteiger partial charge is 0.243 e. The van der Waals surface area contributed by atoms with Crippen molar-refractivity contribution in [2.45, 2.75) is 26.3 Å². The molecule has 1 unspecified atom stereocenters. The zero-order valence-corrected chi connectivity index (χ0v) is 11.2. The first-order valence-electron chi connectivity index (χ1n) is 5.52. The monoisotopic (exact) mass is 268 g/mol. The summed E-state index contributed by atoms with van der Waals surface area (Å²) >= 11 is 1.45. The number of aromatic nitrogens is 2. The third kappa shape index (κ3) is 4.62. The Morgan fingerprint density at radius 1 is 1.50 bits per heavy atom. The maximum Gasteiger partial charge on any atom is 0.243 e. The molecule has 0 aliphatic carbocycles. The molecule has 0 spiro atoms. The van der Waals surface area contributed by atoms with Crippen molar-refractivity contribution < 1.29 is 9.59 Å². The van der Waals surface area contributed by atoms with Gasteiger partial charge in [0.25, 0.3) is 0 Å². The van der Waals surface area contributed by atoms with E-state index in [2.05, 4.69) is 27.4 Å². The summed E-state index contributed by atoms with van der Waals surface area (Å²) in [4.78, 5) is 22.4. The van der Waals surface area contributed by atoms with Gasteiger partial charge in [0, 0.05) is 13.0 Å². The van der Waals surface area contributed by atoms with E-state index in [1.165, 1.54) is 17.4 Å². The van der Waals surface area contributed by atoms with E-state index in [0.29, 0.717) is 6.54 Å². The van der Waals surface area contributed by atoms with Crippen molar-refractivity contribution in [3.8, 4) is 0 Å². The van der Waals surface area contributed by atoms with Crippen LogP contribution in [0.1, 0.15) is 29.4 Å². The molecule has 1 rings (SSSR count). The molecular formula is C11H16N4O2S. The van der Waals surface area contributed by atoms with Crippen LogP contribution < -0.4 is 10.6 Å². The van der Waals surface area contributed by atoms with Gasteiger partial charge in [-0.2, -0.15) is 0 Å². The summed E-state index contributed by atoms with van der Waals surface area (Å²) in [5.41, 5.74) is 0. The standard InChI is InChI=1S/C11H16N4O2S/c1-4-9(16)12-6-5-10(17)13-7(2)11-15-14-8(3)18-11/h4,7H,1,5-6H2,2-3H3,(H,12,16)(H,13,17). The molecule has 1 aromatic heterocycles. The van der Waals surface area contributed by atoms with Crippen LogP contribution in [0.15, 0.2) is 12.7 Å². The number of hydrogen-bond acceptors (Lipinski definition) is 5. The Kier molecular flexibility index (Phi) is 5.44. The van der Waals surface area contributed by atoms with Crippen molar-refractivity contribution in [3.63, 3.8) is 0 Å². The normalized spacial score (nSPS) is 11.7. The molecule has 7 heteroatoms. The van der Waals surface area contributed by atoms with E-state index in [0.717, 1.165) is 10.0 Å². The van der Waals surface area contributed by atoms with Crippen molar-refractivity contribution in [1.82, 2.24) is 20.8 Å². The Balaban J connectivity index is 2.31. The Labute approximate surface area is 109 Å². The predicted molar refractivity (Wildman–Crippen MR) is 69.0 cm³/mol. The SMILES string of the molecule is C=CC(=O)NCCC(=O)NC(C)c1nnc(C)s1. The van der Waals surface area contributed by atoms with E-state index in [4.69, 9.17) is 0 Å². The molecule has 0 saturated heterocycles. The molecule has 0 aliphatic rings. The highest BCUT2D eigenvalue weighted by Gasteiger charge is 2.13. The lowest BCUT2D eigenvalue weighted by Crippen LogP contribution is -2.31. The van der Waals surface area contributed by atoms with Crippen LogP contribution in [0, 0.1) is 6.92 Å². The van der Waals surface area contributed by atoms with Crippen molar-refractivity contribution in [3.05, 3.63) is 22.7 Å². The van der Waals surface area contributed by atoms with Gasteiger partial charge in [0.05, 0.1) is 6.04 Å². The number of nitrogens with zero attached hydrogens (tertiary/aromatic N) is 2. The fourth-order valence-electron chi connectivity index (χ4n) is 1.23. The molecule has 1 heterocycles. The molecule has 2 amide bonds. The lowest BCUT2D eigenvalue weighted by molar-refractivity contribution is -0.121. The van der Waals surface area contributed by atoms with Crippen LogP contribution in [-0.2, 0) is 9.59 Å². The average molecular weight is 268 g/mol. The Hall–Kier alpha value is -1.76. The predicted octanol–water partition coefficient (Wildman–Crippen LogP) is 0.716. The van der Waals surface area contributed by atoms with Gasteiger partial charge in [0.2, 0.25) is 11.8 Å². The summed E-state index contributed by atoms with van der Waals surface area (Å²) in [6.07, 6.45) is 1.40. The van der Waals surface area contributed by atoms with Crippen LogP contribution in [0.5, 0.6) is 0 Å². The average Bonchev–Trinajstić information content (AvgIpc) is 2.75. The number of aryl methyl sites for hydroxylation is 1. The van der Waals surface area contributed by atoms with E-state index in [9.17, 15) is 9.59 Å². The molecule has 18 heavy (non-hydrogen) atoms. The van der Waals surface area contributed by atoms with Crippen LogP contribution in [0.4, 0.5) is 0 Å². The van der Waals surface area contributed by atoms with Crippen molar-refractivity contribution in [2.24, 2.45) is 0 Å². The second-order valence-electron chi connectivity index (χ2n) is 3.69. The summed E-state index contributed by atoms with van der Waals surface area (Å²) in [7, 11) is 0. The summed E-state index contributed by atoms with van der Waals surface area (Å²) in [6.45, 7) is 7.32. The molecule has 0 bridgehead atoms. The second-order valence-corrected chi connectivity index (χ2v) is 4.91. The maximum absolute atomic E-state index is 11.6. The molecule has 0 saturated carbocycles. The van der Waals surface area contributed by atoms with E-state index in [1.807, 2.05) is 13.8 Å². The number of nitrogens with one attached hydrogen (secondary N) is 2. The van der Waals surface area contributed by atoms with Crippen molar-refractivity contribution in [1.29, 1.82) is 0 Å². The number of rotatable bonds is 6. The highest BCUT2D eigenvalue weighted by molar-refractivity contribution is 7.11. The quantitative estimate of drug-likeness (QED) is 0.744. The largest absolute Gasteiger partial charge is 0.352 e. The number of hydrogen-bond donors (Lipinski definition) is 2. The van der Waals surface area contributed by atoms with Gasteiger partial charge >= 0.3 is 0 Å². The van der Waals surface area contributed by atoms with Crippen LogP contribution in [0.25, 0.3) is 0 Å². The number of carbonyl (C=O) groups is 2. The fourth-order valence-corrected chi connectivity index (χ4v) is 1.94. The van der Waals surface area contributed by atoms with Crippen LogP contribution >= 0.6 is 11.3 Å². The minimum atomic E-state index is -0.282. The molecule has 1 atom stereocenters. The Morgan fingerprint density at radius 3 is 2.78 bits per heavy atom. The summed E-state index contributed by atoms with van der Waals surface area (Å²) in [5.74, 6) is -0.421. The van der Waals surface area contributed by atoms with Gasteiger partial charge in [-0.05, 0) is 19.9 Å². The van der Waals surface area contributed by atoms with E-state index in [1.54, 1.807) is 0 Å². The Bertz CT molecular complexity index is 444. The van der Waals surface area contributed by atoms with Gasteiger partial charge < -0.3 is 10.6 Å². The third-order valence-electron chi connectivity index (χ3n) is 2.13. The summed E-state index contributed by atoms with van der Waals surface area (Å²) in [6, 6.07) is -0.168. The minimum absolute atomic E-state index is 0.139. The molecule has 0 radical (unpaired) electrons. The van der Waals surface area contributed by atoms with Crippen LogP contribution in [0.3, 0.4) is 0 Å². The molecule has 98 valence electrons. The summed E-state index contributed by atoms with van der Waals surface area (Å²) in [5, 5.41) is 14.8. The molecular weight excluding hydrogens is 252 g/mol. The van der Waals surface area contributed by atoms with Gasteiger partial charge in [-0.25, -0.2) is 0 Å². The molecule has 6 nitrogen and oxygen atoms in total. The first-order valence-corrected chi connectivity index (χ1v) is 6.34. The highest BCUT2D eigenvalue weighted by Crippen LogP contribution is 2.16. The van der Waals surface area contributed by atoms with Gasteiger partial charge in [-0.3, -0.25) is 9.59 Å². The molecule has 0 aromatic carbocycles. The highest BCUT2D eigenvalue weighted by atomic mass is 32.1.